The molecule has 4 aromatic rings. The summed E-state index contributed by atoms with van der Waals surface area (Å²) in [5, 5.41) is 11.5. The normalized spacial score (nSPS) is 17.3. The summed E-state index contributed by atoms with van der Waals surface area (Å²) in [5.41, 5.74) is 0.467. The minimum Gasteiger partial charge on any atom is -0.497 e. The molecule has 0 unspecified atom stereocenters. The zero-order valence-electron chi connectivity index (χ0n) is 18.1. The maximum absolute atomic E-state index is 13.9. The van der Waals surface area contributed by atoms with Gasteiger partial charge in [0, 0.05) is 16.7 Å². The van der Waals surface area contributed by atoms with Gasteiger partial charge in [0.15, 0.2) is 5.60 Å². The highest BCUT2D eigenvalue weighted by atomic mass is 19.1. The van der Waals surface area contributed by atoms with Gasteiger partial charge in [0.1, 0.15) is 23.0 Å². The van der Waals surface area contributed by atoms with Crippen molar-refractivity contribution in [1.29, 1.82) is 0 Å². The Bertz CT molecular complexity index is 1350. The zero-order chi connectivity index (χ0) is 23.2. The molecule has 6 nitrogen and oxygen atoms in total. The van der Waals surface area contributed by atoms with Gasteiger partial charge in [0.05, 0.1) is 19.3 Å². The lowest BCUT2D eigenvalue weighted by atomic mass is 9.87. The number of fused-ring (bicyclic) bond motifs is 1. The number of aliphatic hydroxyl groups is 1. The molecule has 0 aliphatic carbocycles. The van der Waals surface area contributed by atoms with Crippen molar-refractivity contribution in [3.8, 4) is 17.2 Å². The summed E-state index contributed by atoms with van der Waals surface area (Å²) in [6.07, 6.45) is 0. The molecule has 1 aliphatic heterocycles. The summed E-state index contributed by atoms with van der Waals surface area (Å²) in [6.45, 7) is 1.87. The van der Waals surface area contributed by atoms with Crippen LogP contribution in [0.5, 0.6) is 5.75 Å². The molecular weight excluding hydrogens is 423 g/mol. The van der Waals surface area contributed by atoms with Gasteiger partial charge in [-0.1, -0.05) is 30.3 Å². The molecule has 0 saturated heterocycles. The monoisotopic (exact) mass is 444 g/mol. The number of halogens is 1. The van der Waals surface area contributed by atoms with E-state index in [0.717, 1.165) is 11.3 Å². The van der Waals surface area contributed by atoms with E-state index in [1.54, 1.807) is 44.4 Å². The SMILES string of the molecule is COc1ccc(-c2nc(CN3C(=O)[C@@](O)(c4cccc(F)c4)c4ccccc43)c(C)o2)cc1. The topological polar surface area (TPSA) is 75.8 Å². The average Bonchev–Trinajstić information content (AvgIpc) is 3.31. The first-order valence-electron chi connectivity index (χ1n) is 10.4. The number of aryl methyl sites for hydroxylation is 1. The van der Waals surface area contributed by atoms with Crippen LogP contribution in [0.25, 0.3) is 11.5 Å². The maximum atomic E-state index is 13.9. The molecule has 33 heavy (non-hydrogen) atoms. The molecular formula is C26H21FN2O4. The number of para-hydroxylation sites is 1. The van der Waals surface area contributed by atoms with Crippen LogP contribution in [0, 0.1) is 12.7 Å². The summed E-state index contributed by atoms with van der Waals surface area (Å²) in [4.78, 5) is 19.6. The number of methoxy groups -OCH3 is 1. The minimum atomic E-state index is -1.99. The summed E-state index contributed by atoms with van der Waals surface area (Å²) >= 11 is 0. The van der Waals surface area contributed by atoms with Gasteiger partial charge in [0.2, 0.25) is 5.89 Å². The summed E-state index contributed by atoms with van der Waals surface area (Å²) in [5.74, 6) is 0.611. The average molecular weight is 444 g/mol. The fourth-order valence-corrected chi connectivity index (χ4v) is 4.17. The van der Waals surface area contributed by atoms with Crippen molar-refractivity contribution in [1.82, 2.24) is 4.98 Å². The Morgan fingerprint density at radius 2 is 1.85 bits per heavy atom. The molecule has 0 radical (unpaired) electrons. The first kappa shape index (κ1) is 20.9. The number of benzene rings is 3. The van der Waals surface area contributed by atoms with E-state index in [9.17, 15) is 14.3 Å². The minimum absolute atomic E-state index is 0.0962. The summed E-state index contributed by atoms with van der Waals surface area (Å²) in [6, 6.07) is 19.7. The highest BCUT2D eigenvalue weighted by Gasteiger charge is 2.51. The second-order valence-electron chi connectivity index (χ2n) is 7.88. The number of aromatic nitrogens is 1. The van der Waals surface area contributed by atoms with E-state index in [4.69, 9.17) is 9.15 Å². The van der Waals surface area contributed by atoms with Gasteiger partial charge in [0.25, 0.3) is 5.91 Å². The van der Waals surface area contributed by atoms with Crippen molar-refractivity contribution < 1.29 is 23.4 Å². The highest BCUT2D eigenvalue weighted by molar-refractivity contribution is 6.09. The lowest BCUT2D eigenvalue weighted by Gasteiger charge is -2.23. The Balaban J connectivity index is 1.52. The van der Waals surface area contributed by atoms with Crippen molar-refractivity contribution in [2.75, 3.05) is 12.0 Å². The third kappa shape index (κ3) is 3.37. The second-order valence-corrected chi connectivity index (χ2v) is 7.88. The van der Waals surface area contributed by atoms with E-state index in [1.165, 1.54) is 23.1 Å². The fourth-order valence-electron chi connectivity index (χ4n) is 4.17. The summed E-state index contributed by atoms with van der Waals surface area (Å²) < 4.78 is 25.0. The largest absolute Gasteiger partial charge is 0.497 e. The molecule has 166 valence electrons. The molecule has 5 rings (SSSR count). The molecule has 1 N–H and O–H groups in total. The second kappa shape index (κ2) is 7.86. The van der Waals surface area contributed by atoms with Crippen molar-refractivity contribution in [3.63, 3.8) is 0 Å². The van der Waals surface area contributed by atoms with E-state index < -0.39 is 17.3 Å². The van der Waals surface area contributed by atoms with Gasteiger partial charge >= 0.3 is 0 Å². The predicted molar refractivity (Wildman–Crippen MR) is 120 cm³/mol. The number of rotatable bonds is 5. The van der Waals surface area contributed by atoms with Crippen LogP contribution in [0.1, 0.15) is 22.6 Å². The van der Waals surface area contributed by atoms with Gasteiger partial charge in [-0.3, -0.25) is 4.79 Å². The van der Waals surface area contributed by atoms with Crippen LogP contribution in [0.2, 0.25) is 0 Å². The molecule has 1 atom stereocenters. The third-order valence-electron chi connectivity index (χ3n) is 5.92. The number of anilines is 1. The number of carbonyl (C=O) groups excluding carboxylic acids is 1. The molecule has 1 amide bonds. The molecule has 0 spiro atoms. The van der Waals surface area contributed by atoms with Crippen LogP contribution in [0.3, 0.4) is 0 Å². The van der Waals surface area contributed by atoms with Crippen molar-refractivity contribution in [2.45, 2.75) is 19.1 Å². The molecule has 0 bridgehead atoms. The van der Waals surface area contributed by atoms with Crippen LogP contribution in [0.4, 0.5) is 10.1 Å². The Morgan fingerprint density at radius 3 is 2.58 bits per heavy atom. The number of amides is 1. The van der Waals surface area contributed by atoms with Gasteiger partial charge in [-0.25, -0.2) is 9.37 Å². The molecule has 2 heterocycles. The molecule has 0 saturated carbocycles. The first-order valence-corrected chi connectivity index (χ1v) is 10.4. The molecule has 7 heteroatoms. The quantitative estimate of drug-likeness (QED) is 0.488. The number of ether oxygens (including phenoxy) is 1. The lowest BCUT2D eigenvalue weighted by Crippen LogP contribution is -2.41. The Kier molecular flexibility index (Phi) is 4.98. The maximum Gasteiger partial charge on any atom is 0.268 e. The number of oxazole rings is 1. The van der Waals surface area contributed by atoms with E-state index in [2.05, 4.69) is 4.98 Å². The van der Waals surface area contributed by atoms with Crippen LogP contribution < -0.4 is 9.64 Å². The highest BCUT2D eigenvalue weighted by Crippen LogP contribution is 2.45. The van der Waals surface area contributed by atoms with Crippen LogP contribution in [-0.4, -0.2) is 23.1 Å². The molecule has 1 aliphatic rings. The van der Waals surface area contributed by atoms with Gasteiger partial charge in [-0.15, -0.1) is 0 Å². The lowest BCUT2D eigenvalue weighted by molar-refractivity contribution is -0.132. The van der Waals surface area contributed by atoms with Crippen molar-refractivity contribution in [2.24, 2.45) is 0 Å². The first-order chi connectivity index (χ1) is 15.9. The van der Waals surface area contributed by atoms with Crippen LogP contribution in [-0.2, 0) is 16.9 Å². The summed E-state index contributed by atoms with van der Waals surface area (Å²) in [7, 11) is 1.60. The predicted octanol–water partition coefficient (Wildman–Crippen LogP) is 4.58. The third-order valence-corrected chi connectivity index (χ3v) is 5.92. The fraction of sp³-hybridized carbons (Fsp3) is 0.154. The van der Waals surface area contributed by atoms with E-state index >= 15 is 0 Å². The number of nitrogens with zero attached hydrogens (tertiary/aromatic N) is 2. The van der Waals surface area contributed by atoms with E-state index in [0.29, 0.717) is 28.6 Å². The number of hydrogen-bond donors (Lipinski definition) is 1. The Morgan fingerprint density at radius 1 is 1.09 bits per heavy atom. The van der Waals surface area contributed by atoms with Crippen molar-refractivity contribution >= 4 is 11.6 Å². The molecule has 0 fully saturated rings. The molecule has 1 aromatic heterocycles. The standard InChI is InChI=1S/C26H21FN2O4/c1-16-22(28-24(33-16)17-10-12-20(32-2)13-11-17)15-29-23-9-4-3-8-21(23)26(31,25(29)30)18-6-5-7-19(27)14-18/h3-14,31H,15H2,1-2H3/t26-/m1/s1. The van der Waals surface area contributed by atoms with Crippen LogP contribution >= 0.6 is 0 Å². The van der Waals surface area contributed by atoms with Crippen molar-refractivity contribution in [3.05, 3.63) is 101 Å². The zero-order valence-corrected chi connectivity index (χ0v) is 18.1. The Hall–Kier alpha value is -3.97. The van der Waals surface area contributed by atoms with Crippen LogP contribution in [0.15, 0.2) is 77.2 Å². The van der Waals surface area contributed by atoms with E-state index in [-0.39, 0.29) is 12.1 Å². The Labute approximate surface area is 189 Å². The van der Waals surface area contributed by atoms with Gasteiger partial charge in [-0.05, 0) is 49.4 Å². The molecule has 3 aromatic carbocycles. The van der Waals surface area contributed by atoms with E-state index in [1.807, 2.05) is 24.3 Å². The number of hydrogen-bond acceptors (Lipinski definition) is 5. The smallest absolute Gasteiger partial charge is 0.268 e. The number of carbonyl (C=O) groups is 1. The van der Waals surface area contributed by atoms with Gasteiger partial charge in [-0.2, -0.15) is 0 Å². The van der Waals surface area contributed by atoms with Gasteiger partial charge < -0.3 is 19.2 Å².